The third-order valence-corrected chi connectivity index (χ3v) is 4.26. The Balaban J connectivity index is 1.71. The van der Waals surface area contributed by atoms with Crippen LogP contribution in [0.1, 0.15) is 45.6 Å². The van der Waals surface area contributed by atoms with E-state index in [0.717, 1.165) is 31.5 Å². The molecule has 1 fully saturated rings. The monoisotopic (exact) mass is 290 g/mol. The quantitative estimate of drug-likeness (QED) is 0.794. The lowest BCUT2D eigenvalue weighted by Gasteiger charge is -2.23. The fourth-order valence-electron chi connectivity index (χ4n) is 2.96. The van der Waals surface area contributed by atoms with E-state index < -0.39 is 0 Å². The van der Waals surface area contributed by atoms with Crippen molar-refractivity contribution >= 4 is 0 Å². The topological polar surface area (TPSA) is 24.5 Å². The van der Waals surface area contributed by atoms with Gasteiger partial charge in [-0.2, -0.15) is 0 Å². The average molecular weight is 290 g/mol. The van der Waals surface area contributed by atoms with E-state index in [1.165, 1.54) is 31.4 Å². The molecule has 2 rings (SSSR count). The van der Waals surface area contributed by atoms with E-state index in [-0.39, 0.29) is 0 Å². The van der Waals surface area contributed by atoms with Crippen LogP contribution in [0, 0.1) is 0 Å². The molecule has 1 atom stereocenters. The van der Waals surface area contributed by atoms with Crippen LogP contribution < -0.4 is 10.1 Å². The van der Waals surface area contributed by atoms with E-state index in [1.54, 1.807) is 0 Å². The number of rotatable bonds is 8. The van der Waals surface area contributed by atoms with Gasteiger partial charge in [0.1, 0.15) is 12.4 Å². The molecular weight excluding hydrogens is 260 g/mol. The number of likely N-dealkylation sites (tertiary alicyclic amines) is 1. The zero-order valence-electron chi connectivity index (χ0n) is 13.8. The van der Waals surface area contributed by atoms with Crippen LogP contribution in [-0.2, 0) is 6.54 Å². The SMILES string of the molecule is CCC1CCCN1CCOc1ccc(CNC(C)C)cc1. The van der Waals surface area contributed by atoms with Crippen LogP contribution >= 0.6 is 0 Å². The summed E-state index contributed by atoms with van der Waals surface area (Å²) in [4.78, 5) is 2.57. The molecule has 3 nitrogen and oxygen atoms in total. The second-order valence-corrected chi connectivity index (χ2v) is 6.27. The summed E-state index contributed by atoms with van der Waals surface area (Å²) in [5, 5.41) is 3.43. The minimum Gasteiger partial charge on any atom is -0.492 e. The Hall–Kier alpha value is -1.06. The molecule has 0 aliphatic carbocycles. The standard InChI is InChI=1S/C18H30N2O/c1-4-17-6-5-11-20(17)12-13-21-18-9-7-16(8-10-18)14-19-15(2)3/h7-10,15,17,19H,4-6,11-14H2,1-3H3. The van der Waals surface area contributed by atoms with Crippen LogP contribution in [0.25, 0.3) is 0 Å². The Labute approximate surface area is 129 Å². The maximum absolute atomic E-state index is 5.88. The molecule has 118 valence electrons. The van der Waals surface area contributed by atoms with Gasteiger partial charge < -0.3 is 10.1 Å². The third kappa shape index (κ3) is 5.33. The van der Waals surface area contributed by atoms with Crippen LogP contribution in [-0.4, -0.2) is 36.7 Å². The first kappa shape index (κ1) is 16.3. The molecule has 1 heterocycles. The summed E-state index contributed by atoms with van der Waals surface area (Å²) in [6, 6.07) is 9.76. The van der Waals surface area contributed by atoms with Gasteiger partial charge in [-0.05, 0) is 43.5 Å². The highest BCUT2D eigenvalue weighted by molar-refractivity contribution is 5.27. The van der Waals surface area contributed by atoms with Crippen molar-refractivity contribution in [3.63, 3.8) is 0 Å². The first-order valence-electron chi connectivity index (χ1n) is 8.38. The van der Waals surface area contributed by atoms with E-state index in [9.17, 15) is 0 Å². The fourth-order valence-corrected chi connectivity index (χ4v) is 2.96. The molecule has 1 N–H and O–H groups in total. The second-order valence-electron chi connectivity index (χ2n) is 6.27. The van der Waals surface area contributed by atoms with Crippen molar-refractivity contribution in [1.82, 2.24) is 10.2 Å². The number of benzene rings is 1. The Morgan fingerprint density at radius 1 is 1.29 bits per heavy atom. The van der Waals surface area contributed by atoms with Gasteiger partial charge in [-0.3, -0.25) is 4.90 Å². The largest absolute Gasteiger partial charge is 0.492 e. The molecule has 0 bridgehead atoms. The van der Waals surface area contributed by atoms with Crippen LogP contribution in [0.4, 0.5) is 0 Å². The van der Waals surface area contributed by atoms with Crippen LogP contribution in [0.3, 0.4) is 0 Å². The van der Waals surface area contributed by atoms with E-state index in [4.69, 9.17) is 4.74 Å². The lowest BCUT2D eigenvalue weighted by molar-refractivity contribution is 0.193. The summed E-state index contributed by atoms with van der Waals surface area (Å²) in [5.41, 5.74) is 1.31. The molecule has 1 aromatic rings. The van der Waals surface area contributed by atoms with Crippen molar-refractivity contribution in [2.45, 2.75) is 58.7 Å². The summed E-state index contributed by atoms with van der Waals surface area (Å²) in [5.74, 6) is 0.982. The molecule has 0 amide bonds. The molecular formula is C18H30N2O. The normalized spacial score (nSPS) is 19.3. The van der Waals surface area contributed by atoms with Crippen molar-refractivity contribution in [3.05, 3.63) is 29.8 Å². The molecule has 0 saturated carbocycles. The van der Waals surface area contributed by atoms with Gasteiger partial charge >= 0.3 is 0 Å². The average Bonchev–Trinajstić information content (AvgIpc) is 2.94. The summed E-state index contributed by atoms with van der Waals surface area (Å²) in [6.45, 7) is 10.6. The van der Waals surface area contributed by atoms with Crippen molar-refractivity contribution in [1.29, 1.82) is 0 Å². The summed E-state index contributed by atoms with van der Waals surface area (Å²) in [6.07, 6.45) is 3.96. The summed E-state index contributed by atoms with van der Waals surface area (Å²) >= 11 is 0. The predicted octanol–water partition coefficient (Wildman–Crippen LogP) is 3.44. The van der Waals surface area contributed by atoms with E-state index in [0.29, 0.717) is 6.04 Å². The van der Waals surface area contributed by atoms with E-state index in [2.05, 4.69) is 55.3 Å². The van der Waals surface area contributed by atoms with E-state index in [1.807, 2.05) is 0 Å². The van der Waals surface area contributed by atoms with Gasteiger partial charge in [0.25, 0.3) is 0 Å². The van der Waals surface area contributed by atoms with Gasteiger partial charge in [0.15, 0.2) is 0 Å². The first-order valence-corrected chi connectivity index (χ1v) is 8.38. The van der Waals surface area contributed by atoms with Gasteiger partial charge in [0.05, 0.1) is 0 Å². The second kappa shape index (κ2) is 8.40. The van der Waals surface area contributed by atoms with Crippen molar-refractivity contribution in [2.75, 3.05) is 19.7 Å². The smallest absolute Gasteiger partial charge is 0.119 e. The van der Waals surface area contributed by atoms with Crippen LogP contribution in [0.15, 0.2) is 24.3 Å². The van der Waals surface area contributed by atoms with E-state index >= 15 is 0 Å². The molecule has 1 aliphatic heterocycles. The number of nitrogens with one attached hydrogen (secondary N) is 1. The molecule has 21 heavy (non-hydrogen) atoms. The van der Waals surface area contributed by atoms with Gasteiger partial charge in [0.2, 0.25) is 0 Å². The van der Waals surface area contributed by atoms with Gasteiger partial charge in [-0.25, -0.2) is 0 Å². The maximum Gasteiger partial charge on any atom is 0.119 e. The van der Waals surface area contributed by atoms with Crippen molar-refractivity contribution < 1.29 is 4.74 Å². The molecule has 1 aromatic carbocycles. The summed E-state index contributed by atoms with van der Waals surface area (Å²) < 4.78 is 5.88. The Morgan fingerprint density at radius 3 is 2.71 bits per heavy atom. The van der Waals surface area contributed by atoms with Crippen molar-refractivity contribution in [2.24, 2.45) is 0 Å². The van der Waals surface area contributed by atoms with Crippen molar-refractivity contribution in [3.8, 4) is 5.75 Å². The van der Waals surface area contributed by atoms with Crippen LogP contribution in [0.5, 0.6) is 5.75 Å². The number of hydrogen-bond donors (Lipinski definition) is 1. The highest BCUT2D eigenvalue weighted by Crippen LogP contribution is 2.19. The minimum atomic E-state index is 0.521. The summed E-state index contributed by atoms with van der Waals surface area (Å²) in [7, 11) is 0. The van der Waals surface area contributed by atoms with Crippen LogP contribution in [0.2, 0.25) is 0 Å². The predicted molar refractivity (Wildman–Crippen MR) is 88.8 cm³/mol. The fraction of sp³-hybridized carbons (Fsp3) is 0.667. The Morgan fingerprint density at radius 2 is 2.05 bits per heavy atom. The third-order valence-electron chi connectivity index (χ3n) is 4.26. The highest BCUT2D eigenvalue weighted by Gasteiger charge is 2.21. The number of ether oxygens (including phenoxy) is 1. The van der Waals surface area contributed by atoms with Gasteiger partial charge in [-0.1, -0.05) is 32.9 Å². The Kier molecular flexibility index (Phi) is 6.52. The number of hydrogen-bond acceptors (Lipinski definition) is 3. The first-order chi connectivity index (χ1) is 10.2. The zero-order chi connectivity index (χ0) is 15.1. The van der Waals surface area contributed by atoms with Gasteiger partial charge in [-0.15, -0.1) is 0 Å². The molecule has 1 aliphatic rings. The number of nitrogens with zero attached hydrogens (tertiary/aromatic N) is 1. The molecule has 3 heteroatoms. The zero-order valence-corrected chi connectivity index (χ0v) is 13.8. The molecule has 0 spiro atoms. The minimum absolute atomic E-state index is 0.521. The van der Waals surface area contributed by atoms with Gasteiger partial charge in [0, 0.05) is 25.2 Å². The molecule has 1 unspecified atom stereocenters. The maximum atomic E-state index is 5.88. The molecule has 0 aromatic heterocycles. The highest BCUT2D eigenvalue weighted by atomic mass is 16.5. The Bertz CT molecular complexity index is 402. The lowest BCUT2D eigenvalue weighted by Crippen LogP contribution is -2.32. The molecule has 1 saturated heterocycles. The molecule has 0 radical (unpaired) electrons. The lowest BCUT2D eigenvalue weighted by atomic mass is 10.2.